The fraction of sp³-hybridized carbons (Fsp3) is 0.250. The van der Waals surface area contributed by atoms with Gasteiger partial charge in [-0.05, 0) is 25.1 Å². The summed E-state index contributed by atoms with van der Waals surface area (Å²) in [5, 5.41) is 5.34. The lowest BCUT2D eigenvalue weighted by Crippen LogP contribution is -2.23. The highest BCUT2D eigenvalue weighted by atomic mass is 32.1. The Morgan fingerprint density at radius 1 is 1.41 bits per heavy atom. The molecule has 1 aromatic heterocycles. The molecule has 144 valence electrons. The minimum atomic E-state index is -4.53. The summed E-state index contributed by atoms with van der Waals surface area (Å²) in [6, 6.07) is 4.39. The summed E-state index contributed by atoms with van der Waals surface area (Å²) in [6.45, 7) is 3.05. The molecule has 27 heavy (non-hydrogen) atoms. The van der Waals surface area contributed by atoms with Gasteiger partial charge in [-0.15, -0.1) is 11.3 Å². The molecule has 7 nitrogen and oxygen atoms in total. The van der Waals surface area contributed by atoms with E-state index >= 15 is 0 Å². The lowest BCUT2D eigenvalue weighted by atomic mass is 10.2. The Labute approximate surface area is 156 Å². The molecular weight excluding hydrogens is 385 g/mol. The predicted molar refractivity (Wildman–Crippen MR) is 94.1 cm³/mol. The number of nitrogens with zero attached hydrogens (tertiary/aromatic N) is 3. The Morgan fingerprint density at radius 3 is 2.78 bits per heavy atom. The molecule has 0 bridgehead atoms. The van der Waals surface area contributed by atoms with Gasteiger partial charge in [-0.1, -0.05) is 6.07 Å². The number of benzene rings is 1. The highest BCUT2D eigenvalue weighted by Gasteiger charge is 2.31. The normalized spacial score (nSPS) is 11.4. The van der Waals surface area contributed by atoms with E-state index in [0.717, 1.165) is 28.4 Å². The number of nitrogens with one attached hydrogen (secondary N) is 1. The predicted octanol–water partition coefficient (Wildman–Crippen LogP) is 3.93. The maximum atomic E-state index is 12.9. The van der Waals surface area contributed by atoms with Gasteiger partial charge in [0.25, 0.3) is 0 Å². The van der Waals surface area contributed by atoms with Gasteiger partial charge in [0, 0.05) is 12.3 Å². The fourth-order valence-electron chi connectivity index (χ4n) is 2.00. The molecule has 0 spiro atoms. The number of carbonyl (C=O) groups excluding carboxylic acids is 2. The van der Waals surface area contributed by atoms with Gasteiger partial charge in [-0.3, -0.25) is 9.69 Å². The van der Waals surface area contributed by atoms with E-state index in [4.69, 9.17) is 0 Å². The van der Waals surface area contributed by atoms with Crippen LogP contribution in [-0.2, 0) is 15.7 Å². The second kappa shape index (κ2) is 8.62. The van der Waals surface area contributed by atoms with E-state index in [9.17, 15) is 22.8 Å². The largest absolute Gasteiger partial charge is 0.449 e. The molecule has 0 unspecified atom stereocenters. The first-order chi connectivity index (χ1) is 12.7. The average Bonchev–Trinajstić information content (AvgIpc) is 3.03. The van der Waals surface area contributed by atoms with Gasteiger partial charge in [-0.25, -0.2) is 15.2 Å². The number of rotatable bonds is 5. The summed E-state index contributed by atoms with van der Waals surface area (Å²) in [7, 11) is 0. The molecule has 0 aliphatic carbocycles. The standard InChI is InChI=1S/C16H15F3N4O3S/c1-3-26-15(25)22-20-8-12-9-27-14(21-12)23(10(2)24)13-6-4-5-11(7-13)16(17,18)19/h4-9H,3H2,1-2H3,(H,22,25)/b20-8-. The van der Waals surface area contributed by atoms with Crippen LogP contribution in [-0.4, -0.2) is 29.8 Å². The van der Waals surface area contributed by atoms with Gasteiger partial charge in [0.1, 0.15) is 0 Å². The highest BCUT2D eigenvalue weighted by Crippen LogP contribution is 2.34. The van der Waals surface area contributed by atoms with E-state index in [-0.39, 0.29) is 17.4 Å². The molecule has 1 aromatic carbocycles. The van der Waals surface area contributed by atoms with Crippen molar-refractivity contribution in [3.05, 3.63) is 40.9 Å². The average molecular weight is 400 g/mol. The maximum absolute atomic E-state index is 12.9. The zero-order valence-electron chi connectivity index (χ0n) is 14.3. The maximum Gasteiger partial charge on any atom is 0.427 e. The van der Waals surface area contributed by atoms with Crippen molar-refractivity contribution in [2.75, 3.05) is 11.5 Å². The summed E-state index contributed by atoms with van der Waals surface area (Å²) in [5.74, 6) is -0.503. The third kappa shape index (κ3) is 5.51. The number of hydrazone groups is 1. The van der Waals surface area contributed by atoms with Crippen LogP contribution in [0.25, 0.3) is 0 Å². The number of hydrogen-bond acceptors (Lipinski definition) is 6. The Bertz CT molecular complexity index is 851. The van der Waals surface area contributed by atoms with Crippen molar-refractivity contribution in [2.24, 2.45) is 5.10 Å². The quantitative estimate of drug-likeness (QED) is 0.609. The minimum absolute atomic E-state index is 0.0415. The molecule has 0 atom stereocenters. The van der Waals surface area contributed by atoms with Crippen molar-refractivity contribution in [1.82, 2.24) is 10.4 Å². The second-order valence-corrected chi connectivity index (χ2v) is 5.88. The summed E-state index contributed by atoms with van der Waals surface area (Å²) >= 11 is 1.04. The zero-order valence-corrected chi connectivity index (χ0v) is 15.1. The number of hydrogen-bond donors (Lipinski definition) is 1. The first-order valence-electron chi connectivity index (χ1n) is 7.61. The highest BCUT2D eigenvalue weighted by molar-refractivity contribution is 7.14. The Kier molecular flexibility index (Phi) is 6.50. The van der Waals surface area contributed by atoms with Crippen LogP contribution in [0.3, 0.4) is 0 Å². The Morgan fingerprint density at radius 2 is 2.15 bits per heavy atom. The lowest BCUT2D eigenvalue weighted by Gasteiger charge is -2.19. The number of anilines is 2. The number of carbonyl (C=O) groups is 2. The van der Waals surface area contributed by atoms with E-state index in [1.165, 1.54) is 30.7 Å². The van der Waals surface area contributed by atoms with Gasteiger partial charge < -0.3 is 4.74 Å². The fourth-order valence-corrected chi connectivity index (χ4v) is 2.84. The van der Waals surface area contributed by atoms with Crippen LogP contribution in [0, 0.1) is 0 Å². The number of alkyl halides is 3. The van der Waals surface area contributed by atoms with Crippen molar-refractivity contribution in [3.63, 3.8) is 0 Å². The van der Waals surface area contributed by atoms with E-state index in [0.29, 0.717) is 5.69 Å². The minimum Gasteiger partial charge on any atom is -0.449 e. The number of aromatic nitrogens is 1. The third-order valence-corrected chi connectivity index (χ3v) is 3.92. The Balaban J connectivity index is 2.24. The lowest BCUT2D eigenvalue weighted by molar-refractivity contribution is -0.137. The molecule has 1 N–H and O–H groups in total. The number of ether oxygens (including phenoxy) is 1. The molecule has 1 heterocycles. The second-order valence-electron chi connectivity index (χ2n) is 5.05. The van der Waals surface area contributed by atoms with Crippen LogP contribution in [0.5, 0.6) is 0 Å². The van der Waals surface area contributed by atoms with E-state index in [2.05, 4.69) is 20.2 Å². The summed E-state index contributed by atoms with van der Waals surface area (Å²) in [4.78, 5) is 28.3. The molecule has 2 aromatic rings. The molecule has 0 saturated heterocycles. The topological polar surface area (TPSA) is 83.9 Å². The van der Waals surface area contributed by atoms with E-state index in [1.807, 2.05) is 0 Å². The summed E-state index contributed by atoms with van der Waals surface area (Å²) in [6.07, 6.45) is -4.04. The molecule has 0 radical (unpaired) electrons. The molecule has 0 saturated carbocycles. The van der Waals surface area contributed by atoms with E-state index in [1.54, 1.807) is 6.92 Å². The first-order valence-corrected chi connectivity index (χ1v) is 8.49. The van der Waals surface area contributed by atoms with Crippen LogP contribution in [0.4, 0.5) is 28.8 Å². The molecular formula is C16H15F3N4O3S. The number of halogens is 3. The van der Waals surface area contributed by atoms with Crippen molar-refractivity contribution in [1.29, 1.82) is 0 Å². The van der Waals surface area contributed by atoms with Gasteiger partial charge in [0.2, 0.25) is 5.91 Å². The van der Waals surface area contributed by atoms with Gasteiger partial charge in [-0.2, -0.15) is 18.3 Å². The summed E-state index contributed by atoms with van der Waals surface area (Å²) in [5.41, 5.74) is 1.60. The van der Waals surface area contributed by atoms with Crippen LogP contribution >= 0.6 is 11.3 Å². The van der Waals surface area contributed by atoms with Crippen molar-refractivity contribution in [3.8, 4) is 0 Å². The Hall–Kier alpha value is -2.95. The molecule has 0 aliphatic rings. The smallest absolute Gasteiger partial charge is 0.427 e. The van der Waals surface area contributed by atoms with Crippen molar-refractivity contribution in [2.45, 2.75) is 20.0 Å². The van der Waals surface area contributed by atoms with Gasteiger partial charge >= 0.3 is 12.3 Å². The zero-order chi connectivity index (χ0) is 20.0. The molecule has 0 fully saturated rings. The van der Waals surface area contributed by atoms with Crippen LogP contribution in [0.1, 0.15) is 25.1 Å². The molecule has 0 aliphatic heterocycles. The summed E-state index contributed by atoms with van der Waals surface area (Å²) < 4.78 is 43.4. The van der Waals surface area contributed by atoms with Gasteiger partial charge in [0.15, 0.2) is 5.13 Å². The third-order valence-electron chi connectivity index (χ3n) is 3.08. The van der Waals surface area contributed by atoms with E-state index < -0.39 is 23.7 Å². The van der Waals surface area contributed by atoms with Crippen LogP contribution < -0.4 is 10.3 Å². The molecule has 2 amide bonds. The molecule has 2 rings (SSSR count). The number of thiazole rings is 1. The van der Waals surface area contributed by atoms with Gasteiger partial charge in [0.05, 0.1) is 29.8 Å². The van der Waals surface area contributed by atoms with Crippen molar-refractivity contribution < 1.29 is 27.5 Å². The SMILES string of the molecule is CCOC(=O)N/N=C\c1csc(N(C(C)=O)c2cccc(C(F)(F)F)c2)n1. The molecule has 11 heteroatoms. The first kappa shape index (κ1) is 20.4. The number of amides is 2. The van der Waals surface area contributed by atoms with Crippen molar-refractivity contribution >= 4 is 40.4 Å². The van der Waals surface area contributed by atoms with Crippen LogP contribution in [0.15, 0.2) is 34.7 Å². The van der Waals surface area contributed by atoms with Crippen LogP contribution in [0.2, 0.25) is 0 Å². The monoisotopic (exact) mass is 400 g/mol.